The van der Waals surface area contributed by atoms with E-state index in [4.69, 9.17) is 0 Å². The summed E-state index contributed by atoms with van der Waals surface area (Å²) in [6.45, 7) is 2.08. The number of allylic oxidation sites excluding steroid dienone is 2. The van der Waals surface area contributed by atoms with Gasteiger partial charge in [-0.3, -0.25) is 0 Å². The Balaban J connectivity index is 1.46. The smallest absolute Gasteiger partial charge is 0.192 e. The van der Waals surface area contributed by atoms with Gasteiger partial charge in [-0.15, -0.1) is 0 Å². The van der Waals surface area contributed by atoms with E-state index in [0.717, 1.165) is 51.9 Å². The fourth-order valence-electron chi connectivity index (χ4n) is 6.74. The third-order valence-corrected chi connectivity index (χ3v) is 8.99. The maximum absolute atomic E-state index is 13.5. The molecule has 7 heteroatoms. The van der Waals surface area contributed by atoms with Crippen LogP contribution >= 0.6 is 0 Å². The van der Waals surface area contributed by atoms with E-state index in [1.54, 1.807) is 24.3 Å². The number of halogens is 3. The van der Waals surface area contributed by atoms with E-state index in [9.17, 15) is 34.2 Å². The summed E-state index contributed by atoms with van der Waals surface area (Å²) in [5.74, 6) is 0. The number of nitrogens with zero attached hydrogens (tertiary/aromatic N) is 4. The van der Waals surface area contributed by atoms with Gasteiger partial charge in [0.25, 0.3) is 0 Å². The molecule has 0 spiro atoms. The molecule has 0 unspecified atom stereocenters. The largest absolute Gasteiger partial charge is 0.416 e. The van der Waals surface area contributed by atoms with Gasteiger partial charge in [0.05, 0.1) is 5.56 Å². The Hall–Kier alpha value is -6.67. The summed E-state index contributed by atoms with van der Waals surface area (Å²) in [6, 6.07) is 36.3. The van der Waals surface area contributed by atoms with E-state index in [0.29, 0.717) is 44.5 Å². The second-order valence-corrected chi connectivity index (χ2v) is 11.5. The first-order chi connectivity index (χ1) is 23.2. The minimum Gasteiger partial charge on any atom is -0.192 e. The lowest BCUT2D eigenvalue weighted by Gasteiger charge is -2.11. The molecule has 0 saturated carbocycles. The van der Waals surface area contributed by atoms with Crippen LogP contribution in [0.15, 0.2) is 108 Å². The highest BCUT2D eigenvalue weighted by Crippen LogP contribution is 2.54. The van der Waals surface area contributed by atoms with E-state index in [1.807, 2.05) is 54.6 Å². The lowest BCUT2D eigenvalue weighted by Crippen LogP contribution is -2.04. The summed E-state index contributed by atoms with van der Waals surface area (Å²) in [7, 11) is 0. The van der Waals surface area contributed by atoms with Gasteiger partial charge in [0.1, 0.15) is 35.4 Å². The lowest BCUT2D eigenvalue weighted by atomic mass is 9.92. The first-order valence-corrected chi connectivity index (χ1v) is 15.0. The molecule has 5 aromatic carbocycles. The predicted molar refractivity (Wildman–Crippen MR) is 177 cm³/mol. The van der Waals surface area contributed by atoms with Crippen LogP contribution in [0.25, 0.3) is 55.7 Å². The van der Waals surface area contributed by atoms with E-state index >= 15 is 0 Å². The number of aryl methyl sites for hydroxylation is 1. The van der Waals surface area contributed by atoms with Gasteiger partial charge < -0.3 is 0 Å². The highest BCUT2D eigenvalue weighted by atomic mass is 19.4. The molecule has 0 saturated heterocycles. The topological polar surface area (TPSA) is 95.2 Å². The zero-order valence-electron chi connectivity index (χ0n) is 25.4. The molecule has 0 aromatic heterocycles. The fraction of sp³-hybridized carbons (Fsp3) is 0.0732. The molecular weight excluding hydrogens is 605 g/mol. The van der Waals surface area contributed by atoms with Crippen molar-refractivity contribution in [3.63, 3.8) is 0 Å². The lowest BCUT2D eigenvalue weighted by molar-refractivity contribution is -0.137. The van der Waals surface area contributed by atoms with Gasteiger partial charge in [0.2, 0.25) is 0 Å². The molecule has 7 rings (SSSR count). The van der Waals surface area contributed by atoms with Crippen molar-refractivity contribution in [2.45, 2.75) is 19.5 Å². The molecule has 48 heavy (non-hydrogen) atoms. The first kappa shape index (κ1) is 30.0. The predicted octanol–water partition coefficient (Wildman–Crippen LogP) is 10.3. The van der Waals surface area contributed by atoms with Crippen molar-refractivity contribution in [1.82, 2.24) is 0 Å². The zero-order chi connectivity index (χ0) is 33.7. The van der Waals surface area contributed by atoms with E-state index < -0.39 is 11.7 Å². The number of rotatable bonds is 3. The van der Waals surface area contributed by atoms with Crippen molar-refractivity contribution in [2.75, 3.05) is 0 Å². The van der Waals surface area contributed by atoms with Crippen LogP contribution in [-0.4, -0.2) is 0 Å². The van der Waals surface area contributed by atoms with Crippen LogP contribution in [0.3, 0.4) is 0 Å². The van der Waals surface area contributed by atoms with Crippen molar-refractivity contribution in [1.29, 1.82) is 21.0 Å². The second-order valence-electron chi connectivity index (χ2n) is 11.5. The third kappa shape index (κ3) is 4.66. The third-order valence-electron chi connectivity index (χ3n) is 8.99. The van der Waals surface area contributed by atoms with Crippen molar-refractivity contribution in [3.8, 4) is 68.8 Å². The molecule has 2 aliphatic carbocycles. The van der Waals surface area contributed by atoms with Gasteiger partial charge >= 0.3 is 6.18 Å². The fourth-order valence-corrected chi connectivity index (χ4v) is 6.74. The summed E-state index contributed by atoms with van der Waals surface area (Å²) in [6.07, 6.45) is -3.64. The molecule has 226 valence electrons. The molecule has 0 bridgehead atoms. The summed E-state index contributed by atoms with van der Waals surface area (Å²) >= 11 is 0. The molecule has 0 heterocycles. The van der Waals surface area contributed by atoms with Crippen LogP contribution < -0.4 is 0 Å². The van der Waals surface area contributed by atoms with Crippen LogP contribution in [0.2, 0.25) is 0 Å². The summed E-state index contributed by atoms with van der Waals surface area (Å²) < 4.78 is 40.6. The molecule has 0 N–H and O–H groups in total. The summed E-state index contributed by atoms with van der Waals surface area (Å²) in [5, 5.41) is 40.2. The Morgan fingerprint density at radius 3 is 1.42 bits per heavy atom. The van der Waals surface area contributed by atoms with Crippen LogP contribution in [0, 0.1) is 45.3 Å². The number of hydrogen-bond acceptors (Lipinski definition) is 4. The maximum Gasteiger partial charge on any atom is 0.416 e. The average Bonchev–Trinajstić information content (AvgIpc) is 3.59. The highest BCUT2D eigenvalue weighted by Gasteiger charge is 2.34. The van der Waals surface area contributed by atoms with Crippen LogP contribution in [0.1, 0.15) is 40.3 Å². The molecular formula is C41H21F3N4. The van der Waals surface area contributed by atoms with Crippen LogP contribution in [0.4, 0.5) is 13.2 Å². The molecule has 0 amide bonds. The number of hydrogen-bond donors (Lipinski definition) is 0. The normalized spacial score (nSPS) is 12.1. The van der Waals surface area contributed by atoms with Gasteiger partial charge in [-0.2, -0.15) is 34.2 Å². The highest BCUT2D eigenvalue weighted by molar-refractivity contribution is 6.11. The Morgan fingerprint density at radius 2 is 0.938 bits per heavy atom. The molecule has 0 atom stereocenters. The summed E-state index contributed by atoms with van der Waals surface area (Å²) in [4.78, 5) is 0. The number of benzene rings is 5. The standard InChI is InChI=1S/C41H21F3N4/c1-2-23-5-3-6-24(13-23)26-9-11-31-33-17-34-32-12-10-27(25-7-4-8-30(14-25)41(42,43)44)16-36(32)40(29(21-47)22-48)38(34)18-37(33)39(35(31)15-26)28(19-45)20-46/h3-18H,2H2,1H3. The van der Waals surface area contributed by atoms with E-state index in [2.05, 4.69) is 31.2 Å². The van der Waals surface area contributed by atoms with Gasteiger partial charge in [0.15, 0.2) is 0 Å². The van der Waals surface area contributed by atoms with Crippen LogP contribution in [0.5, 0.6) is 0 Å². The van der Waals surface area contributed by atoms with Crippen LogP contribution in [-0.2, 0) is 12.6 Å². The number of nitriles is 4. The molecule has 0 fully saturated rings. The van der Waals surface area contributed by atoms with Gasteiger partial charge in [-0.25, -0.2) is 0 Å². The first-order valence-electron chi connectivity index (χ1n) is 15.0. The SMILES string of the molecule is CCc1cccc(-c2ccc3c(c2)C(=C(C#N)C#N)c2cc4c(cc2-3)-c2ccc(-c3cccc(C(F)(F)F)c3)cc2C4=C(C#N)C#N)c1. The number of fused-ring (bicyclic) bond motifs is 6. The minimum absolute atomic E-state index is 0.0666. The maximum atomic E-state index is 13.5. The molecule has 0 aliphatic heterocycles. The van der Waals surface area contributed by atoms with Crippen molar-refractivity contribution < 1.29 is 13.2 Å². The molecule has 0 radical (unpaired) electrons. The Kier molecular flexibility index (Phi) is 7.06. The molecule has 4 nitrogen and oxygen atoms in total. The average molecular weight is 627 g/mol. The zero-order valence-corrected chi connectivity index (χ0v) is 25.4. The Bertz CT molecular complexity index is 2440. The number of alkyl halides is 3. The van der Waals surface area contributed by atoms with E-state index in [-0.39, 0.29) is 11.1 Å². The van der Waals surface area contributed by atoms with Crippen molar-refractivity contribution in [3.05, 3.63) is 142 Å². The molecule has 2 aliphatic rings. The minimum atomic E-state index is -4.52. The summed E-state index contributed by atoms with van der Waals surface area (Å²) in [5.41, 5.74) is 9.32. The van der Waals surface area contributed by atoms with Crippen molar-refractivity contribution in [2.24, 2.45) is 0 Å². The Labute approximate surface area is 274 Å². The monoisotopic (exact) mass is 626 g/mol. The van der Waals surface area contributed by atoms with Gasteiger partial charge in [-0.05, 0) is 115 Å². The van der Waals surface area contributed by atoms with Gasteiger partial charge in [0, 0.05) is 11.1 Å². The second kappa shape index (κ2) is 11.3. The Morgan fingerprint density at radius 1 is 0.500 bits per heavy atom. The van der Waals surface area contributed by atoms with Crippen molar-refractivity contribution >= 4 is 11.1 Å². The molecule has 5 aromatic rings. The van der Waals surface area contributed by atoms with Gasteiger partial charge in [-0.1, -0.05) is 67.6 Å². The van der Waals surface area contributed by atoms with E-state index in [1.165, 1.54) is 11.6 Å². The quantitative estimate of drug-likeness (QED) is 0.182.